The highest BCUT2D eigenvalue weighted by atomic mass is 35.5. The van der Waals surface area contributed by atoms with Gasteiger partial charge in [-0.3, -0.25) is 4.79 Å². The molecule has 0 unspecified atom stereocenters. The first-order chi connectivity index (χ1) is 12.3. The molecule has 0 atom stereocenters. The van der Waals surface area contributed by atoms with E-state index in [0.717, 1.165) is 11.3 Å². The van der Waals surface area contributed by atoms with Gasteiger partial charge in [-0.2, -0.15) is 8.42 Å². The lowest BCUT2D eigenvalue weighted by molar-refractivity contribution is -0.136. The number of carboxylic acid groups (broad SMARTS) is 1. The lowest BCUT2D eigenvalue weighted by Crippen LogP contribution is -2.10. The lowest BCUT2D eigenvalue weighted by atomic mass is 10.1. The number of fused-ring (bicyclic) bond motifs is 1. The van der Waals surface area contributed by atoms with Gasteiger partial charge in [0.1, 0.15) is 9.96 Å². The highest BCUT2D eigenvalue weighted by molar-refractivity contribution is 7.92. The number of aryl methyl sites for hydroxylation is 1. The number of nitrogens with zero attached hydrogens (tertiary/aromatic N) is 1. The molecule has 0 aliphatic rings. The minimum absolute atomic E-state index is 0.0944. The Labute approximate surface area is 159 Å². The van der Waals surface area contributed by atoms with Crippen molar-refractivity contribution in [3.8, 4) is 5.75 Å². The van der Waals surface area contributed by atoms with E-state index in [0.29, 0.717) is 33.2 Å². The third-order valence-corrected chi connectivity index (χ3v) is 7.18. The molecule has 0 spiro atoms. The van der Waals surface area contributed by atoms with Crippen LogP contribution in [0.5, 0.6) is 5.75 Å². The lowest BCUT2D eigenvalue weighted by Gasteiger charge is -2.06. The van der Waals surface area contributed by atoms with Crippen molar-refractivity contribution in [3.63, 3.8) is 0 Å². The molecule has 3 rings (SSSR count). The Hall–Kier alpha value is -2.03. The van der Waals surface area contributed by atoms with Crippen LogP contribution in [-0.2, 0) is 21.2 Å². The Morgan fingerprint density at radius 1 is 1.31 bits per heavy atom. The molecule has 2 aromatic heterocycles. The van der Waals surface area contributed by atoms with Crippen LogP contribution in [0.15, 0.2) is 40.7 Å². The van der Waals surface area contributed by atoms with E-state index >= 15 is 0 Å². The number of hydrogen-bond donors (Lipinski definition) is 1. The summed E-state index contributed by atoms with van der Waals surface area (Å²) in [7, 11) is -3.83. The Morgan fingerprint density at radius 3 is 2.69 bits per heavy atom. The molecule has 138 valence electrons. The van der Waals surface area contributed by atoms with Crippen molar-refractivity contribution in [3.05, 3.63) is 46.4 Å². The van der Waals surface area contributed by atoms with Crippen molar-refractivity contribution in [2.45, 2.75) is 24.0 Å². The molecule has 1 aromatic carbocycles. The maximum Gasteiger partial charge on any atom is 0.303 e. The number of carboxylic acids is 1. The quantitative estimate of drug-likeness (QED) is 0.632. The van der Waals surface area contributed by atoms with E-state index in [-0.39, 0.29) is 17.1 Å². The molecule has 0 bridgehead atoms. The van der Waals surface area contributed by atoms with Crippen LogP contribution < -0.4 is 4.74 Å². The summed E-state index contributed by atoms with van der Waals surface area (Å²) in [4.78, 5) is 10.9. The Balaban J connectivity index is 2.17. The van der Waals surface area contributed by atoms with Crippen LogP contribution in [0.4, 0.5) is 0 Å². The van der Waals surface area contributed by atoms with Crippen LogP contribution in [0.2, 0.25) is 4.34 Å². The predicted molar refractivity (Wildman–Crippen MR) is 101 cm³/mol. The Kier molecular flexibility index (Phi) is 5.27. The Morgan fingerprint density at radius 2 is 2.08 bits per heavy atom. The fraction of sp³-hybridized carbons (Fsp3) is 0.235. The minimum atomic E-state index is -3.83. The third-order valence-electron chi connectivity index (χ3n) is 3.81. The molecule has 3 aromatic rings. The SMILES string of the molecule is CCOc1ccc2c(c1)c(CCC(=O)O)cn2S(=O)(=O)c1ccc(Cl)s1. The first-order valence-corrected chi connectivity index (χ1v) is 10.5. The van der Waals surface area contributed by atoms with Crippen LogP contribution in [0.1, 0.15) is 18.9 Å². The third kappa shape index (κ3) is 3.58. The van der Waals surface area contributed by atoms with Gasteiger partial charge in [-0.1, -0.05) is 11.6 Å². The molecule has 0 radical (unpaired) electrons. The molecule has 0 aliphatic heterocycles. The van der Waals surface area contributed by atoms with E-state index in [9.17, 15) is 13.2 Å². The molecule has 1 N–H and O–H groups in total. The van der Waals surface area contributed by atoms with E-state index in [4.69, 9.17) is 21.4 Å². The van der Waals surface area contributed by atoms with Crippen LogP contribution in [-0.4, -0.2) is 30.1 Å². The van der Waals surface area contributed by atoms with E-state index in [1.54, 1.807) is 18.2 Å². The second-order valence-corrected chi connectivity index (χ2v) is 9.28. The average Bonchev–Trinajstić information content (AvgIpc) is 3.17. The molecule has 0 aliphatic carbocycles. The summed E-state index contributed by atoms with van der Waals surface area (Å²) in [6, 6.07) is 8.09. The van der Waals surface area contributed by atoms with Gasteiger partial charge < -0.3 is 9.84 Å². The number of aliphatic carboxylic acids is 1. The maximum absolute atomic E-state index is 13.0. The van der Waals surface area contributed by atoms with Crippen molar-refractivity contribution in [1.29, 1.82) is 0 Å². The van der Waals surface area contributed by atoms with Gasteiger partial charge in [-0.05, 0) is 49.2 Å². The van der Waals surface area contributed by atoms with Gasteiger partial charge in [-0.25, -0.2) is 3.97 Å². The van der Waals surface area contributed by atoms with Crippen molar-refractivity contribution >= 4 is 49.8 Å². The molecule has 26 heavy (non-hydrogen) atoms. The molecular formula is C17H16ClNO5S2. The normalized spacial score (nSPS) is 11.8. The zero-order valence-electron chi connectivity index (χ0n) is 13.8. The second kappa shape index (κ2) is 7.30. The summed E-state index contributed by atoms with van der Waals surface area (Å²) in [5.41, 5.74) is 1.11. The summed E-state index contributed by atoms with van der Waals surface area (Å²) in [6.45, 7) is 2.33. The molecule has 0 saturated heterocycles. The summed E-state index contributed by atoms with van der Waals surface area (Å²) < 4.78 is 33.1. The first kappa shape index (κ1) is 18.8. The molecule has 6 nitrogen and oxygen atoms in total. The van der Waals surface area contributed by atoms with E-state index in [2.05, 4.69) is 0 Å². The number of carbonyl (C=O) groups is 1. The highest BCUT2D eigenvalue weighted by Crippen LogP contribution is 2.33. The minimum Gasteiger partial charge on any atom is -0.494 e. The fourth-order valence-corrected chi connectivity index (χ4v) is 5.64. The van der Waals surface area contributed by atoms with Gasteiger partial charge in [0.25, 0.3) is 10.0 Å². The topological polar surface area (TPSA) is 85.6 Å². The van der Waals surface area contributed by atoms with Crippen molar-refractivity contribution in [2.75, 3.05) is 6.61 Å². The van der Waals surface area contributed by atoms with Crippen LogP contribution in [0, 0.1) is 0 Å². The van der Waals surface area contributed by atoms with Crippen LogP contribution in [0.25, 0.3) is 10.9 Å². The van der Waals surface area contributed by atoms with Crippen LogP contribution >= 0.6 is 22.9 Å². The standard InChI is InChI=1S/C17H16ClNO5S2/c1-2-24-12-4-5-14-13(9-12)11(3-7-16(20)21)10-19(14)26(22,23)17-8-6-15(18)25-17/h4-6,8-10H,2-3,7H2,1H3,(H,20,21). The van der Waals surface area contributed by atoms with Crippen LogP contribution in [0.3, 0.4) is 0 Å². The fourth-order valence-electron chi connectivity index (χ4n) is 2.67. The average molecular weight is 414 g/mol. The summed E-state index contributed by atoms with van der Waals surface area (Å²) >= 11 is 6.86. The number of hydrogen-bond acceptors (Lipinski definition) is 5. The Bertz CT molecular complexity index is 1070. The summed E-state index contributed by atoms with van der Waals surface area (Å²) in [5.74, 6) is -0.342. The molecule has 9 heteroatoms. The number of aromatic nitrogens is 1. The number of benzene rings is 1. The number of thiophene rings is 1. The van der Waals surface area contributed by atoms with Gasteiger partial charge in [0.15, 0.2) is 0 Å². The van der Waals surface area contributed by atoms with E-state index < -0.39 is 16.0 Å². The number of rotatable bonds is 7. The van der Waals surface area contributed by atoms with Crippen molar-refractivity contribution in [1.82, 2.24) is 3.97 Å². The predicted octanol–water partition coefficient (Wildman–Crippen LogP) is 4.01. The molecule has 0 fully saturated rings. The monoisotopic (exact) mass is 413 g/mol. The van der Waals surface area contributed by atoms with Crippen molar-refractivity contribution in [2.24, 2.45) is 0 Å². The molecule has 0 amide bonds. The summed E-state index contributed by atoms with van der Waals surface area (Å²) in [6.07, 6.45) is 1.60. The highest BCUT2D eigenvalue weighted by Gasteiger charge is 2.23. The maximum atomic E-state index is 13.0. The smallest absolute Gasteiger partial charge is 0.303 e. The molecular weight excluding hydrogens is 398 g/mol. The largest absolute Gasteiger partial charge is 0.494 e. The second-order valence-electron chi connectivity index (χ2n) is 5.52. The van der Waals surface area contributed by atoms with Gasteiger partial charge in [0.05, 0.1) is 16.5 Å². The van der Waals surface area contributed by atoms with Gasteiger partial charge in [0, 0.05) is 18.0 Å². The van der Waals surface area contributed by atoms with Gasteiger partial charge in [0.2, 0.25) is 0 Å². The molecule has 0 saturated carbocycles. The number of halogens is 1. The van der Waals surface area contributed by atoms with Gasteiger partial charge in [-0.15, -0.1) is 11.3 Å². The zero-order valence-corrected chi connectivity index (χ0v) is 16.2. The number of ether oxygens (including phenoxy) is 1. The molecule has 2 heterocycles. The van der Waals surface area contributed by atoms with Crippen molar-refractivity contribution < 1.29 is 23.1 Å². The van der Waals surface area contributed by atoms with Gasteiger partial charge >= 0.3 is 5.97 Å². The van der Waals surface area contributed by atoms with E-state index in [1.165, 1.54) is 22.3 Å². The zero-order chi connectivity index (χ0) is 18.9. The first-order valence-electron chi connectivity index (χ1n) is 7.82. The summed E-state index contributed by atoms with van der Waals surface area (Å²) in [5, 5.41) is 9.63. The van der Waals surface area contributed by atoms with E-state index in [1.807, 2.05) is 6.92 Å².